The van der Waals surface area contributed by atoms with Crippen LogP contribution >= 0.6 is 0 Å². The molecule has 0 fully saturated rings. The SMILES string of the molecule is CON=C1CC#CC1. The van der Waals surface area contributed by atoms with Crippen LogP contribution in [0.4, 0.5) is 0 Å². The van der Waals surface area contributed by atoms with Crippen molar-refractivity contribution >= 4 is 5.71 Å². The van der Waals surface area contributed by atoms with Gasteiger partial charge in [-0.25, -0.2) is 0 Å². The molecule has 0 aromatic carbocycles. The molecule has 8 heavy (non-hydrogen) atoms. The van der Waals surface area contributed by atoms with Crippen LogP contribution in [0.3, 0.4) is 0 Å². The largest absolute Gasteiger partial charge is 0.399 e. The van der Waals surface area contributed by atoms with E-state index in [9.17, 15) is 0 Å². The highest BCUT2D eigenvalue weighted by atomic mass is 16.6. The van der Waals surface area contributed by atoms with Crippen LogP contribution in [-0.2, 0) is 4.84 Å². The van der Waals surface area contributed by atoms with Gasteiger partial charge in [-0.3, -0.25) is 0 Å². The molecule has 0 bridgehead atoms. The Hall–Kier alpha value is -0.970. The van der Waals surface area contributed by atoms with E-state index in [0.717, 1.165) is 18.6 Å². The highest BCUT2D eigenvalue weighted by Crippen LogP contribution is 1.97. The zero-order chi connectivity index (χ0) is 5.82. The molecule has 0 unspecified atom stereocenters. The summed E-state index contributed by atoms with van der Waals surface area (Å²) in [6.07, 6.45) is 1.57. The molecular weight excluding hydrogens is 102 g/mol. The summed E-state index contributed by atoms with van der Waals surface area (Å²) >= 11 is 0. The van der Waals surface area contributed by atoms with Gasteiger partial charge < -0.3 is 4.84 Å². The molecule has 42 valence electrons. The lowest BCUT2D eigenvalue weighted by molar-refractivity contribution is 0.212. The average Bonchev–Trinajstić information content (AvgIpc) is 2.19. The second-order valence-corrected chi connectivity index (χ2v) is 1.55. The number of rotatable bonds is 1. The van der Waals surface area contributed by atoms with Gasteiger partial charge in [0.2, 0.25) is 0 Å². The van der Waals surface area contributed by atoms with Crippen molar-refractivity contribution in [3.05, 3.63) is 0 Å². The fraction of sp³-hybridized carbons (Fsp3) is 0.500. The Balaban J connectivity index is 2.41. The Morgan fingerprint density at radius 2 is 2.12 bits per heavy atom. The van der Waals surface area contributed by atoms with Gasteiger partial charge in [-0.2, -0.15) is 0 Å². The predicted molar refractivity (Wildman–Crippen MR) is 31.5 cm³/mol. The molecule has 0 radical (unpaired) electrons. The molecule has 0 aromatic heterocycles. The number of hydrogen-bond donors (Lipinski definition) is 0. The van der Waals surface area contributed by atoms with E-state index in [1.165, 1.54) is 0 Å². The Labute approximate surface area is 48.5 Å². The number of hydrogen-bond acceptors (Lipinski definition) is 2. The fourth-order valence-electron chi connectivity index (χ4n) is 0.585. The van der Waals surface area contributed by atoms with E-state index in [-0.39, 0.29) is 0 Å². The molecule has 0 aliphatic heterocycles. The molecule has 1 aliphatic carbocycles. The van der Waals surface area contributed by atoms with E-state index in [4.69, 9.17) is 0 Å². The Bertz CT molecular complexity index is 149. The molecule has 0 amide bonds. The average molecular weight is 109 g/mol. The minimum atomic E-state index is 0.786. The van der Waals surface area contributed by atoms with Gasteiger partial charge in [-0.15, -0.1) is 0 Å². The smallest absolute Gasteiger partial charge is 0.106 e. The van der Waals surface area contributed by atoms with E-state index in [2.05, 4.69) is 21.8 Å². The monoisotopic (exact) mass is 109 g/mol. The molecule has 2 nitrogen and oxygen atoms in total. The molecule has 1 aliphatic rings. The predicted octanol–water partition coefficient (Wildman–Crippen LogP) is 0.786. The van der Waals surface area contributed by atoms with Crippen LogP contribution in [0.5, 0.6) is 0 Å². The van der Waals surface area contributed by atoms with Gasteiger partial charge in [0.25, 0.3) is 0 Å². The summed E-state index contributed by atoms with van der Waals surface area (Å²) in [6.45, 7) is 0. The maximum atomic E-state index is 4.53. The molecule has 0 heterocycles. The highest BCUT2D eigenvalue weighted by molar-refractivity contribution is 5.90. The minimum Gasteiger partial charge on any atom is -0.399 e. The molecule has 0 saturated carbocycles. The highest BCUT2D eigenvalue weighted by Gasteiger charge is 1.99. The first-order valence-corrected chi connectivity index (χ1v) is 2.48. The van der Waals surface area contributed by atoms with Crippen LogP contribution in [0.1, 0.15) is 12.8 Å². The first-order valence-electron chi connectivity index (χ1n) is 2.48. The van der Waals surface area contributed by atoms with Gasteiger partial charge in [0.05, 0.1) is 18.6 Å². The quantitative estimate of drug-likeness (QED) is 0.360. The topological polar surface area (TPSA) is 21.6 Å². The maximum Gasteiger partial charge on any atom is 0.106 e. The van der Waals surface area contributed by atoms with Crippen LogP contribution in [0, 0.1) is 11.8 Å². The zero-order valence-corrected chi connectivity index (χ0v) is 4.77. The Morgan fingerprint density at radius 1 is 1.50 bits per heavy atom. The van der Waals surface area contributed by atoms with E-state index < -0.39 is 0 Å². The van der Waals surface area contributed by atoms with E-state index in [0.29, 0.717) is 0 Å². The summed E-state index contributed by atoms with van der Waals surface area (Å²) in [7, 11) is 1.55. The minimum absolute atomic E-state index is 0.786. The summed E-state index contributed by atoms with van der Waals surface area (Å²) in [5.74, 6) is 5.79. The maximum absolute atomic E-state index is 4.53. The molecule has 0 N–H and O–H groups in total. The van der Waals surface area contributed by atoms with Crippen molar-refractivity contribution in [3.8, 4) is 11.8 Å². The first kappa shape index (κ1) is 5.17. The van der Waals surface area contributed by atoms with Crippen molar-refractivity contribution in [2.75, 3.05) is 7.11 Å². The molecule has 1 rings (SSSR count). The van der Waals surface area contributed by atoms with Crippen LogP contribution in [-0.4, -0.2) is 12.8 Å². The van der Waals surface area contributed by atoms with Gasteiger partial charge in [0.15, 0.2) is 0 Å². The lowest BCUT2D eigenvalue weighted by Crippen LogP contribution is -1.89. The third kappa shape index (κ3) is 1.00. The Kier molecular flexibility index (Phi) is 1.53. The molecule has 0 saturated heterocycles. The van der Waals surface area contributed by atoms with E-state index in [1.54, 1.807) is 7.11 Å². The lowest BCUT2D eigenvalue weighted by Gasteiger charge is -1.88. The van der Waals surface area contributed by atoms with Gasteiger partial charge >= 0.3 is 0 Å². The van der Waals surface area contributed by atoms with Crippen molar-refractivity contribution in [3.63, 3.8) is 0 Å². The second-order valence-electron chi connectivity index (χ2n) is 1.55. The second kappa shape index (κ2) is 2.37. The summed E-state index contributed by atoms with van der Waals surface area (Å²) in [5.41, 5.74) is 1.01. The summed E-state index contributed by atoms with van der Waals surface area (Å²) in [4.78, 5) is 4.53. The van der Waals surface area contributed by atoms with Crippen molar-refractivity contribution in [1.82, 2.24) is 0 Å². The number of oxime groups is 1. The standard InChI is InChI=1S/C6H7NO/c1-8-7-6-4-2-3-5-6/h4-5H2,1H3. The normalized spacial score (nSPS) is 14.9. The van der Waals surface area contributed by atoms with E-state index in [1.807, 2.05) is 0 Å². The van der Waals surface area contributed by atoms with Gasteiger partial charge in [0.1, 0.15) is 7.11 Å². The van der Waals surface area contributed by atoms with Gasteiger partial charge in [-0.1, -0.05) is 17.0 Å². The fourth-order valence-corrected chi connectivity index (χ4v) is 0.585. The Morgan fingerprint density at radius 3 is 2.62 bits per heavy atom. The number of nitrogens with zero attached hydrogens (tertiary/aromatic N) is 1. The third-order valence-electron chi connectivity index (χ3n) is 0.930. The summed E-state index contributed by atoms with van der Waals surface area (Å²) in [6, 6.07) is 0. The van der Waals surface area contributed by atoms with Crippen LogP contribution in [0.25, 0.3) is 0 Å². The molecule has 0 atom stereocenters. The van der Waals surface area contributed by atoms with Crippen molar-refractivity contribution in [2.24, 2.45) is 5.16 Å². The van der Waals surface area contributed by atoms with E-state index >= 15 is 0 Å². The molecule has 0 aromatic rings. The zero-order valence-electron chi connectivity index (χ0n) is 4.77. The van der Waals surface area contributed by atoms with Crippen LogP contribution < -0.4 is 0 Å². The molecule has 2 heteroatoms. The first-order chi connectivity index (χ1) is 3.93. The van der Waals surface area contributed by atoms with Crippen molar-refractivity contribution < 1.29 is 4.84 Å². The van der Waals surface area contributed by atoms with Crippen LogP contribution in [0.15, 0.2) is 5.16 Å². The van der Waals surface area contributed by atoms with Crippen molar-refractivity contribution in [2.45, 2.75) is 12.8 Å². The van der Waals surface area contributed by atoms with Gasteiger partial charge in [0, 0.05) is 0 Å². The lowest BCUT2D eigenvalue weighted by atomic mass is 10.3. The molecule has 0 spiro atoms. The third-order valence-corrected chi connectivity index (χ3v) is 0.930. The molecular formula is C6H7NO. The summed E-state index contributed by atoms with van der Waals surface area (Å²) < 4.78 is 0. The van der Waals surface area contributed by atoms with Crippen molar-refractivity contribution in [1.29, 1.82) is 0 Å². The van der Waals surface area contributed by atoms with Gasteiger partial charge in [-0.05, 0) is 0 Å². The van der Waals surface area contributed by atoms with Crippen LogP contribution in [0.2, 0.25) is 0 Å². The summed E-state index contributed by atoms with van der Waals surface area (Å²) in [5, 5.41) is 3.72.